The summed E-state index contributed by atoms with van der Waals surface area (Å²) in [7, 11) is 0. The molecule has 0 bridgehead atoms. The number of nitrogens with one attached hydrogen (secondary N) is 2. The molecule has 0 saturated carbocycles. The molecule has 5 nitrogen and oxygen atoms in total. The third-order valence-electron chi connectivity index (χ3n) is 5.97. The van der Waals surface area contributed by atoms with Crippen molar-refractivity contribution in [3.05, 3.63) is 75.8 Å². The van der Waals surface area contributed by atoms with E-state index >= 15 is 0 Å². The van der Waals surface area contributed by atoms with Crippen LogP contribution in [0.4, 0.5) is 5.69 Å². The maximum absolute atomic E-state index is 13.2. The van der Waals surface area contributed by atoms with E-state index in [1.807, 2.05) is 47.4 Å². The third-order valence-corrected chi connectivity index (χ3v) is 6.78. The van der Waals surface area contributed by atoms with Gasteiger partial charge in [-0.05, 0) is 29.0 Å². The highest BCUT2D eigenvalue weighted by molar-refractivity contribution is 6.44. The summed E-state index contributed by atoms with van der Waals surface area (Å²) >= 11 is 12.3. The van der Waals surface area contributed by atoms with Crippen LogP contribution in [0.3, 0.4) is 0 Å². The molecule has 0 atom stereocenters. The van der Waals surface area contributed by atoms with Gasteiger partial charge in [-0.15, -0.1) is 0 Å². The number of rotatable bonds is 1. The fourth-order valence-electron chi connectivity index (χ4n) is 4.37. The second-order valence-corrected chi connectivity index (χ2v) is 8.55. The summed E-state index contributed by atoms with van der Waals surface area (Å²) in [6, 6.07) is 17.1. The van der Waals surface area contributed by atoms with Crippen LogP contribution in [0.2, 0.25) is 10.0 Å². The molecular weight excluding hydrogens is 421 g/mol. The molecule has 152 valence electrons. The van der Waals surface area contributed by atoms with E-state index in [0.717, 1.165) is 10.8 Å². The molecule has 1 spiro atoms. The highest BCUT2D eigenvalue weighted by atomic mass is 35.5. The number of fused-ring (bicyclic) bond motifs is 2. The molecule has 0 radical (unpaired) electrons. The lowest BCUT2D eigenvalue weighted by Gasteiger charge is -2.46. The minimum Gasteiger partial charge on any atom is -0.362 e. The van der Waals surface area contributed by atoms with Gasteiger partial charge >= 0.3 is 0 Å². The van der Waals surface area contributed by atoms with Crippen molar-refractivity contribution in [3.8, 4) is 0 Å². The number of likely N-dealkylation sites (tertiary alicyclic amines) is 1. The number of benzene rings is 3. The number of halogens is 2. The predicted octanol–water partition coefficient (Wildman–Crippen LogP) is 4.93. The monoisotopic (exact) mass is 439 g/mol. The molecular formula is C23H19Cl2N3O2. The number of anilines is 1. The van der Waals surface area contributed by atoms with Crippen LogP contribution in [0.5, 0.6) is 0 Å². The molecule has 0 unspecified atom stereocenters. The Bertz CT molecular complexity index is 1180. The maximum atomic E-state index is 13.2. The van der Waals surface area contributed by atoms with E-state index in [9.17, 15) is 9.59 Å². The van der Waals surface area contributed by atoms with Gasteiger partial charge in [-0.25, -0.2) is 0 Å². The van der Waals surface area contributed by atoms with Gasteiger partial charge in [0, 0.05) is 31.5 Å². The highest BCUT2D eigenvalue weighted by Crippen LogP contribution is 2.38. The number of piperidine rings is 1. The Kier molecular flexibility index (Phi) is 4.60. The fraction of sp³-hybridized carbons (Fsp3) is 0.217. The highest BCUT2D eigenvalue weighted by Gasteiger charge is 2.42. The van der Waals surface area contributed by atoms with Crippen molar-refractivity contribution in [1.29, 1.82) is 0 Å². The van der Waals surface area contributed by atoms with E-state index in [4.69, 9.17) is 23.2 Å². The summed E-state index contributed by atoms with van der Waals surface area (Å²) in [6.07, 6.45) is 1.18. The third kappa shape index (κ3) is 3.09. The molecule has 3 aromatic carbocycles. The van der Waals surface area contributed by atoms with Gasteiger partial charge in [-0.1, -0.05) is 59.6 Å². The van der Waals surface area contributed by atoms with E-state index < -0.39 is 5.66 Å². The van der Waals surface area contributed by atoms with Gasteiger partial charge < -0.3 is 15.5 Å². The van der Waals surface area contributed by atoms with Crippen LogP contribution in [-0.4, -0.2) is 35.5 Å². The number of carbonyl (C=O) groups excluding carboxylic acids is 2. The minimum absolute atomic E-state index is 0.0130. The van der Waals surface area contributed by atoms with Gasteiger partial charge in [-0.2, -0.15) is 0 Å². The normalized spacial score (nSPS) is 17.4. The molecule has 1 saturated heterocycles. The largest absolute Gasteiger partial charge is 0.362 e. The van der Waals surface area contributed by atoms with E-state index in [1.54, 1.807) is 12.1 Å². The summed E-state index contributed by atoms with van der Waals surface area (Å²) in [5, 5.41) is 9.07. The molecule has 2 heterocycles. The number of amides is 2. The van der Waals surface area contributed by atoms with Crippen molar-refractivity contribution >= 4 is 51.5 Å². The van der Waals surface area contributed by atoms with Crippen molar-refractivity contribution in [1.82, 2.24) is 10.2 Å². The molecule has 2 aliphatic heterocycles. The average molecular weight is 440 g/mol. The van der Waals surface area contributed by atoms with Gasteiger partial charge in [0.05, 0.1) is 21.3 Å². The zero-order valence-electron chi connectivity index (χ0n) is 16.0. The number of nitrogens with zero attached hydrogens (tertiary/aromatic N) is 1. The van der Waals surface area contributed by atoms with Gasteiger partial charge in [0.15, 0.2) is 0 Å². The van der Waals surface area contributed by atoms with Crippen LogP contribution in [0.15, 0.2) is 54.6 Å². The Morgan fingerprint density at radius 1 is 0.933 bits per heavy atom. The number of hydrogen-bond acceptors (Lipinski definition) is 3. The lowest BCUT2D eigenvalue weighted by molar-refractivity contribution is 0.0641. The van der Waals surface area contributed by atoms with Gasteiger partial charge in [0.25, 0.3) is 11.8 Å². The van der Waals surface area contributed by atoms with Crippen LogP contribution in [0.25, 0.3) is 10.8 Å². The SMILES string of the molecule is O=C1NC2(CCN(C(=O)c3cccc4ccccc34)CC2)Nc2ccc(Cl)c(Cl)c21. The minimum atomic E-state index is -0.600. The van der Waals surface area contributed by atoms with Gasteiger partial charge in [-0.3, -0.25) is 9.59 Å². The van der Waals surface area contributed by atoms with Gasteiger partial charge in [0.1, 0.15) is 5.66 Å². The Balaban J connectivity index is 1.37. The summed E-state index contributed by atoms with van der Waals surface area (Å²) in [4.78, 5) is 27.8. The Labute approximate surface area is 184 Å². The van der Waals surface area contributed by atoms with E-state index in [2.05, 4.69) is 10.6 Å². The lowest BCUT2D eigenvalue weighted by Crippen LogP contribution is -2.62. The molecule has 1 fully saturated rings. The fourth-order valence-corrected chi connectivity index (χ4v) is 4.78. The van der Waals surface area contributed by atoms with Crippen LogP contribution in [0.1, 0.15) is 33.6 Å². The van der Waals surface area contributed by atoms with Crippen LogP contribution < -0.4 is 10.6 Å². The summed E-state index contributed by atoms with van der Waals surface area (Å²) in [5.41, 5.74) is 1.14. The summed E-state index contributed by atoms with van der Waals surface area (Å²) in [5.74, 6) is -0.232. The van der Waals surface area contributed by atoms with E-state index in [-0.39, 0.29) is 16.8 Å². The van der Waals surface area contributed by atoms with Crippen molar-refractivity contribution in [2.24, 2.45) is 0 Å². The topological polar surface area (TPSA) is 61.4 Å². The Morgan fingerprint density at radius 3 is 2.47 bits per heavy atom. The molecule has 2 aliphatic rings. The van der Waals surface area contributed by atoms with Crippen LogP contribution in [0, 0.1) is 0 Å². The van der Waals surface area contributed by atoms with Gasteiger partial charge in [0.2, 0.25) is 0 Å². The molecule has 0 aromatic heterocycles. The van der Waals surface area contributed by atoms with Crippen molar-refractivity contribution in [3.63, 3.8) is 0 Å². The second-order valence-electron chi connectivity index (χ2n) is 7.76. The van der Waals surface area contributed by atoms with Crippen molar-refractivity contribution in [2.75, 3.05) is 18.4 Å². The van der Waals surface area contributed by atoms with Crippen molar-refractivity contribution < 1.29 is 9.59 Å². The Morgan fingerprint density at radius 2 is 1.67 bits per heavy atom. The quantitative estimate of drug-likeness (QED) is 0.564. The summed E-state index contributed by atoms with van der Waals surface area (Å²) in [6.45, 7) is 1.07. The first-order valence-corrected chi connectivity index (χ1v) is 10.6. The summed E-state index contributed by atoms with van der Waals surface area (Å²) < 4.78 is 0. The number of carbonyl (C=O) groups is 2. The zero-order valence-corrected chi connectivity index (χ0v) is 17.6. The average Bonchev–Trinajstić information content (AvgIpc) is 2.76. The smallest absolute Gasteiger partial charge is 0.256 e. The molecule has 5 rings (SSSR count). The molecule has 0 aliphatic carbocycles. The molecule has 2 amide bonds. The lowest BCUT2D eigenvalue weighted by atomic mass is 9.91. The predicted molar refractivity (Wildman–Crippen MR) is 119 cm³/mol. The van der Waals surface area contributed by atoms with E-state index in [0.29, 0.717) is 47.8 Å². The zero-order chi connectivity index (χ0) is 20.9. The first kappa shape index (κ1) is 19.2. The first-order valence-electron chi connectivity index (χ1n) is 9.83. The Hall–Kier alpha value is -2.76. The molecule has 7 heteroatoms. The standard InChI is InChI=1S/C23H19Cl2N3O2/c24-17-8-9-18-19(20(17)25)21(29)27-23(26-18)10-12-28(13-11-23)22(30)16-7-3-5-14-4-1-2-6-15(14)16/h1-9,26H,10-13H2,(H,27,29). The molecule has 30 heavy (non-hydrogen) atoms. The molecule has 3 aromatic rings. The van der Waals surface area contributed by atoms with Crippen molar-refractivity contribution in [2.45, 2.75) is 18.5 Å². The van der Waals surface area contributed by atoms with Crippen LogP contribution >= 0.6 is 23.2 Å². The van der Waals surface area contributed by atoms with Crippen LogP contribution in [-0.2, 0) is 0 Å². The molecule has 2 N–H and O–H groups in total. The number of hydrogen-bond donors (Lipinski definition) is 2. The second kappa shape index (κ2) is 7.18. The maximum Gasteiger partial charge on any atom is 0.256 e. The first-order chi connectivity index (χ1) is 14.5. The van der Waals surface area contributed by atoms with E-state index in [1.165, 1.54) is 0 Å².